The zero-order valence-electron chi connectivity index (χ0n) is 11.0. The Labute approximate surface area is 109 Å². The molecule has 0 aliphatic heterocycles. The van der Waals surface area contributed by atoms with Gasteiger partial charge in [-0.2, -0.15) is 0 Å². The van der Waals surface area contributed by atoms with E-state index in [9.17, 15) is 0 Å². The van der Waals surface area contributed by atoms with E-state index in [2.05, 4.69) is 79.2 Å². The average molecular weight is 240 g/mol. The standard InChI is InChI=1S/C14H16N2.C2H4/c1-11-3-5-13(6-4-11)16-14-9-7-12(15-2)8-10-14;1-2/h3-10,15-16H,1-2H3;1-2H2. The zero-order valence-corrected chi connectivity index (χ0v) is 11.0. The van der Waals surface area contributed by atoms with Gasteiger partial charge >= 0.3 is 0 Å². The first-order chi connectivity index (χ1) is 8.78. The number of anilines is 3. The normalized spacial score (nSPS) is 9.00. The van der Waals surface area contributed by atoms with Crippen LogP contribution in [0, 0.1) is 6.92 Å². The minimum atomic E-state index is 1.10. The maximum absolute atomic E-state index is 3.35. The summed E-state index contributed by atoms with van der Waals surface area (Å²) in [4.78, 5) is 0. The van der Waals surface area contributed by atoms with E-state index in [0.717, 1.165) is 17.1 Å². The summed E-state index contributed by atoms with van der Waals surface area (Å²) in [5, 5.41) is 6.45. The van der Waals surface area contributed by atoms with Gasteiger partial charge in [0.05, 0.1) is 0 Å². The molecule has 0 heterocycles. The number of rotatable bonds is 3. The van der Waals surface area contributed by atoms with Gasteiger partial charge in [-0.15, -0.1) is 13.2 Å². The summed E-state index contributed by atoms with van der Waals surface area (Å²) < 4.78 is 0. The average Bonchev–Trinajstić information content (AvgIpc) is 2.44. The molecule has 0 radical (unpaired) electrons. The lowest BCUT2D eigenvalue weighted by Crippen LogP contribution is -1.91. The predicted molar refractivity (Wildman–Crippen MR) is 81.7 cm³/mol. The van der Waals surface area contributed by atoms with E-state index >= 15 is 0 Å². The summed E-state index contributed by atoms with van der Waals surface area (Å²) in [5.41, 5.74) is 4.61. The molecule has 2 nitrogen and oxygen atoms in total. The maximum Gasteiger partial charge on any atom is 0.0385 e. The predicted octanol–water partition coefficient (Wildman–Crippen LogP) is 4.58. The first kappa shape index (κ1) is 13.8. The van der Waals surface area contributed by atoms with Crippen LogP contribution in [0.3, 0.4) is 0 Å². The van der Waals surface area contributed by atoms with Gasteiger partial charge < -0.3 is 10.6 Å². The molecule has 0 unspecified atom stereocenters. The van der Waals surface area contributed by atoms with Crippen molar-refractivity contribution in [1.82, 2.24) is 0 Å². The lowest BCUT2D eigenvalue weighted by molar-refractivity contribution is 1.45. The van der Waals surface area contributed by atoms with E-state index in [1.54, 1.807) is 0 Å². The van der Waals surface area contributed by atoms with Gasteiger partial charge in [-0.25, -0.2) is 0 Å². The molecule has 0 bridgehead atoms. The molecule has 2 aromatic rings. The lowest BCUT2D eigenvalue weighted by atomic mass is 10.2. The Hall–Kier alpha value is -2.22. The first-order valence-electron chi connectivity index (χ1n) is 5.89. The van der Waals surface area contributed by atoms with Gasteiger partial charge in [0, 0.05) is 24.1 Å². The van der Waals surface area contributed by atoms with Crippen LogP contribution in [0.25, 0.3) is 0 Å². The van der Waals surface area contributed by atoms with Crippen LogP contribution in [0.15, 0.2) is 61.7 Å². The zero-order chi connectivity index (χ0) is 13.4. The van der Waals surface area contributed by atoms with Crippen LogP contribution in [0.1, 0.15) is 5.56 Å². The van der Waals surface area contributed by atoms with Crippen molar-refractivity contribution >= 4 is 17.1 Å². The third-order valence-electron chi connectivity index (χ3n) is 2.51. The summed E-state index contributed by atoms with van der Waals surface area (Å²) in [6, 6.07) is 16.6. The molecule has 0 aliphatic carbocycles. The molecule has 0 fully saturated rings. The van der Waals surface area contributed by atoms with E-state index in [-0.39, 0.29) is 0 Å². The number of aryl methyl sites for hydroxylation is 1. The Balaban J connectivity index is 0.000000771. The molecule has 0 amide bonds. The van der Waals surface area contributed by atoms with Crippen molar-refractivity contribution in [3.63, 3.8) is 0 Å². The van der Waals surface area contributed by atoms with Crippen LogP contribution in [0.2, 0.25) is 0 Å². The molecule has 0 aromatic heterocycles. The number of hydrogen-bond donors (Lipinski definition) is 2. The van der Waals surface area contributed by atoms with Crippen molar-refractivity contribution in [3.05, 3.63) is 67.3 Å². The van der Waals surface area contributed by atoms with Crippen LogP contribution < -0.4 is 10.6 Å². The first-order valence-corrected chi connectivity index (χ1v) is 5.89. The van der Waals surface area contributed by atoms with Crippen LogP contribution in [0.5, 0.6) is 0 Å². The fraction of sp³-hybridized carbons (Fsp3) is 0.125. The fourth-order valence-corrected chi connectivity index (χ4v) is 1.52. The molecule has 0 atom stereocenters. The van der Waals surface area contributed by atoms with Gasteiger partial charge in [-0.1, -0.05) is 17.7 Å². The highest BCUT2D eigenvalue weighted by molar-refractivity contribution is 5.62. The minimum Gasteiger partial charge on any atom is -0.388 e. The lowest BCUT2D eigenvalue weighted by Gasteiger charge is -2.07. The van der Waals surface area contributed by atoms with Crippen molar-refractivity contribution < 1.29 is 0 Å². The Morgan fingerprint density at radius 2 is 1.11 bits per heavy atom. The Morgan fingerprint density at radius 3 is 1.56 bits per heavy atom. The van der Waals surface area contributed by atoms with Crippen LogP contribution >= 0.6 is 0 Å². The quantitative estimate of drug-likeness (QED) is 0.767. The Morgan fingerprint density at radius 1 is 0.722 bits per heavy atom. The largest absolute Gasteiger partial charge is 0.388 e. The van der Waals surface area contributed by atoms with Crippen molar-refractivity contribution in [2.24, 2.45) is 0 Å². The summed E-state index contributed by atoms with van der Waals surface area (Å²) in [5.74, 6) is 0. The van der Waals surface area contributed by atoms with E-state index in [0.29, 0.717) is 0 Å². The van der Waals surface area contributed by atoms with Gasteiger partial charge in [0.2, 0.25) is 0 Å². The Bertz CT molecular complexity index is 457. The highest BCUT2D eigenvalue weighted by Crippen LogP contribution is 2.18. The van der Waals surface area contributed by atoms with Gasteiger partial charge in [-0.3, -0.25) is 0 Å². The van der Waals surface area contributed by atoms with Crippen molar-refractivity contribution in [1.29, 1.82) is 0 Å². The fourth-order valence-electron chi connectivity index (χ4n) is 1.52. The second kappa shape index (κ2) is 7.17. The third kappa shape index (κ3) is 3.98. The molecular formula is C16H20N2. The van der Waals surface area contributed by atoms with E-state index in [1.807, 2.05) is 7.05 Å². The highest BCUT2D eigenvalue weighted by Gasteiger charge is 1.94. The molecule has 94 valence electrons. The number of nitrogens with one attached hydrogen (secondary N) is 2. The van der Waals surface area contributed by atoms with Crippen LogP contribution in [0.4, 0.5) is 17.1 Å². The summed E-state index contributed by atoms with van der Waals surface area (Å²) >= 11 is 0. The van der Waals surface area contributed by atoms with Gasteiger partial charge in [0.15, 0.2) is 0 Å². The summed E-state index contributed by atoms with van der Waals surface area (Å²) in [6.07, 6.45) is 0. The van der Waals surface area contributed by atoms with Gasteiger partial charge in [0.25, 0.3) is 0 Å². The number of benzene rings is 2. The number of hydrogen-bond acceptors (Lipinski definition) is 2. The second-order valence-electron chi connectivity index (χ2n) is 3.82. The third-order valence-corrected chi connectivity index (χ3v) is 2.51. The molecule has 18 heavy (non-hydrogen) atoms. The minimum absolute atomic E-state index is 1.10. The summed E-state index contributed by atoms with van der Waals surface area (Å²) in [6.45, 7) is 8.09. The molecule has 2 N–H and O–H groups in total. The van der Waals surface area contributed by atoms with Gasteiger partial charge in [-0.05, 0) is 43.3 Å². The Kier molecular flexibility index (Phi) is 5.52. The van der Waals surface area contributed by atoms with E-state index in [1.165, 1.54) is 5.56 Å². The van der Waals surface area contributed by atoms with Crippen molar-refractivity contribution in [2.45, 2.75) is 6.92 Å². The van der Waals surface area contributed by atoms with Crippen molar-refractivity contribution in [2.75, 3.05) is 17.7 Å². The smallest absolute Gasteiger partial charge is 0.0385 e. The second-order valence-corrected chi connectivity index (χ2v) is 3.82. The molecule has 2 rings (SSSR count). The molecule has 2 aromatic carbocycles. The van der Waals surface area contributed by atoms with Crippen LogP contribution in [-0.4, -0.2) is 7.05 Å². The molecule has 0 saturated carbocycles. The molecule has 0 saturated heterocycles. The van der Waals surface area contributed by atoms with Crippen molar-refractivity contribution in [3.8, 4) is 0 Å². The van der Waals surface area contributed by atoms with E-state index in [4.69, 9.17) is 0 Å². The summed E-state index contributed by atoms with van der Waals surface area (Å²) in [7, 11) is 1.92. The highest BCUT2D eigenvalue weighted by atomic mass is 14.9. The maximum atomic E-state index is 3.35. The molecule has 0 spiro atoms. The SMILES string of the molecule is C=C.CNc1ccc(Nc2ccc(C)cc2)cc1. The molecule has 0 aliphatic rings. The molecule has 2 heteroatoms. The topological polar surface area (TPSA) is 24.1 Å². The van der Waals surface area contributed by atoms with E-state index < -0.39 is 0 Å². The monoisotopic (exact) mass is 240 g/mol. The van der Waals surface area contributed by atoms with Crippen LogP contribution in [-0.2, 0) is 0 Å². The molecular weight excluding hydrogens is 220 g/mol. The van der Waals surface area contributed by atoms with Gasteiger partial charge in [0.1, 0.15) is 0 Å².